The Bertz CT molecular complexity index is 996. The number of ether oxygens (including phenoxy) is 1. The highest BCUT2D eigenvalue weighted by Gasteiger charge is 2.07. The van der Waals surface area contributed by atoms with Crippen LogP contribution >= 0.6 is 15.9 Å². The Morgan fingerprint density at radius 3 is 2.22 bits per heavy atom. The predicted octanol–water partition coefficient (Wildman–Crippen LogP) is 6.71. The summed E-state index contributed by atoms with van der Waals surface area (Å²) in [7, 11) is 0. The molecule has 0 saturated heterocycles. The molecule has 0 spiro atoms. The maximum absolute atomic E-state index is 9.63. The highest BCUT2D eigenvalue weighted by Crippen LogP contribution is 2.28. The number of hydrogen-bond donors (Lipinski definition) is 0. The third-order valence-corrected chi connectivity index (χ3v) is 4.76. The minimum atomic E-state index is 0.481. The van der Waals surface area contributed by atoms with Gasteiger partial charge in [0.15, 0.2) is 0 Å². The molecule has 2 nitrogen and oxygen atoms in total. The number of allylic oxidation sites excluding steroid dienone is 1. The fraction of sp³-hybridized carbons (Fsp3) is 0.125. The van der Waals surface area contributed by atoms with E-state index in [1.54, 1.807) is 0 Å². The molecule has 0 bridgehead atoms. The second-order valence-electron chi connectivity index (χ2n) is 6.49. The first-order chi connectivity index (χ1) is 13.0. The van der Waals surface area contributed by atoms with E-state index in [1.807, 2.05) is 55.5 Å². The molecule has 3 heteroatoms. The molecule has 3 rings (SSSR count). The smallest absolute Gasteiger partial charge is 0.127 e. The number of halogens is 1. The lowest BCUT2D eigenvalue weighted by Crippen LogP contribution is -1.97. The number of rotatable bonds is 5. The molecule has 0 aliphatic heterocycles. The van der Waals surface area contributed by atoms with Crippen LogP contribution in [-0.2, 0) is 6.61 Å². The van der Waals surface area contributed by atoms with Gasteiger partial charge < -0.3 is 4.74 Å². The average molecular weight is 418 g/mol. The summed E-state index contributed by atoms with van der Waals surface area (Å²) in [5.41, 5.74) is 5.87. The zero-order valence-corrected chi connectivity index (χ0v) is 17.0. The Kier molecular flexibility index (Phi) is 6.11. The van der Waals surface area contributed by atoms with Gasteiger partial charge in [0, 0.05) is 10.0 Å². The van der Waals surface area contributed by atoms with Crippen LogP contribution in [0.5, 0.6) is 5.75 Å². The van der Waals surface area contributed by atoms with Crippen LogP contribution in [0.25, 0.3) is 11.6 Å². The van der Waals surface area contributed by atoms with Crippen LogP contribution in [0.1, 0.15) is 27.8 Å². The van der Waals surface area contributed by atoms with E-state index in [0.29, 0.717) is 12.2 Å². The molecule has 3 aromatic rings. The van der Waals surface area contributed by atoms with Crippen LogP contribution in [0.3, 0.4) is 0 Å². The van der Waals surface area contributed by atoms with Gasteiger partial charge in [-0.25, -0.2) is 0 Å². The van der Waals surface area contributed by atoms with Gasteiger partial charge in [0.05, 0.1) is 11.6 Å². The summed E-state index contributed by atoms with van der Waals surface area (Å²) in [5, 5.41) is 9.63. The lowest BCUT2D eigenvalue weighted by molar-refractivity contribution is 0.305. The first kappa shape index (κ1) is 18.9. The molecule has 0 aliphatic carbocycles. The summed E-state index contributed by atoms with van der Waals surface area (Å²) < 4.78 is 6.99. The summed E-state index contributed by atoms with van der Waals surface area (Å²) in [6.07, 6.45) is 1.87. The number of nitriles is 1. The summed E-state index contributed by atoms with van der Waals surface area (Å²) in [5.74, 6) is 0.749. The number of hydrogen-bond acceptors (Lipinski definition) is 2. The molecule has 0 N–H and O–H groups in total. The lowest BCUT2D eigenvalue weighted by Gasteiger charge is -2.11. The van der Waals surface area contributed by atoms with Crippen LogP contribution in [-0.4, -0.2) is 0 Å². The first-order valence-electron chi connectivity index (χ1n) is 8.72. The third-order valence-electron chi connectivity index (χ3n) is 4.27. The molecule has 0 heterocycles. The molecular formula is C24H20BrNO. The SMILES string of the molecule is Cc1ccc(COc2ccc(Br)cc2/C=C(/C#N)c2ccc(C)cc2)cc1. The van der Waals surface area contributed by atoms with E-state index >= 15 is 0 Å². The minimum Gasteiger partial charge on any atom is -0.488 e. The van der Waals surface area contributed by atoms with Gasteiger partial charge >= 0.3 is 0 Å². The Morgan fingerprint density at radius 2 is 1.59 bits per heavy atom. The molecular weight excluding hydrogens is 398 g/mol. The van der Waals surface area contributed by atoms with E-state index < -0.39 is 0 Å². The average Bonchev–Trinajstić information content (AvgIpc) is 2.67. The van der Waals surface area contributed by atoms with E-state index in [1.165, 1.54) is 11.1 Å². The van der Waals surface area contributed by atoms with Crippen molar-refractivity contribution in [3.8, 4) is 11.8 Å². The van der Waals surface area contributed by atoms with E-state index in [0.717, 1.165) is 26.9 Å². The summed E-state index contributed by atoms with van der Waals surface area (Å²) >= 11 is 3.51. The van der Waals surface area contributed by atoms with Crippen LogP contribution in [0, 0.1) is 25.2 Å². The van der Waals surface area contributed by atoms with Crippen molar-refractivity contribution in [2.45, 2.75) is 20.5 Å². The largest absolute Gasteiger partial charge is 0.488 e. The highest BCUT2D eigenvalue weighted by molar-refractivity contribution is 9.10. The van der Waals surface area contributed by atoms with E-state index in [-0.39, 0.29) is 0 Å². The number of nitrogens with zero attached hydrogens (tertiary/aromatic N) is 1. The lowest BCUT2D eigenvalue weighted by atomic mass is 10.0. The van der Waals surface area contributed by atoms with Gasteiger partial charge in [-0.1, -0.05) is 75.6 Å². The van der Waals surface area contributed by atoms with Crippen molar-refractivity contribution in [1.82, 2.24) is 0 Å². The fourth-order valence-electron chi connectivity index (χ4n) is 2.68. The quantitative estimate of drug-likeness (QED) is 0.341. The second kappa shape index (κ2) is 8.70. The van der Waals surface area contributed by atoms with Gasteiger partial charge in [-0.05, 0) is 49.2 Å². The molecule has 0 atom stereocenters. The van der Waals surface area contributed by atoms with Crippen molar-refractivity contribution < 1.29 is 4.74 Å². The second-order valence-corrected chi connectivity index (χ2v) is 7.41. The molecule has 134 valence electrons. The van der Waals surface area contributed by atoms with Crippen LogP contribution < -0.4 is 4.74 Å². The van der Waals surface area contributed by atoms with E-state index in [4.69, 9.17) is 4.74 Å². The van der Waals surface area contributed by atoms with Gasteiger partial charge in [0.1, 0.15) is 12.4 Å². The normalized spacial score (nSPS) is 11.1. The van der Waals surface area contributed by atoms with Crippen molar-refractivity contribution >= 4 is 27.6 Å². The standard InChI is InChI=1S/C24H20BrNO/c1-17-3-7-19(8-4-17)16-27-24-12-11-23(25)14-21(24)13-22(15-26)20-9-5-18(2)6-10-20/h3-14H,16H2,1-2H3/b22-13-. The van der Waals surface area contributed by atoms with Crippen molar-refractivity contribution in [3.05, 3.63) is 99.0 Å². The van der Waals surface area contributed by atoms with Crippen molar-refractivity contribution in [2.75, 3.05) is 0 Å². The van der Waals surface area contributed by atoms with Gasteiger partial charge in [-0.3, -0.25) is 0 Å². The number of aryl methyl sites for hydroxylation is 2. The van der Waals surface area contributed by atoms with Crippen molar-refractivity contribution in [1.29, 1.82) is 5.26 Å². The summed E-state index contributed by atoms with van der Waals surface area (Å²) in [4.78, 5) is 0. The molecule has 0 aromatic heterocycles. The van der Waals surface area contributed by atoms with Crippen LogP contribution in [0.15, 0.2) is 71.2 Å². The zero-order chi connectivity index (χ0) is 19.2. The van der Waals surface area contributed by atoms with Crippen LogP contribution in [0.4, 0.5) is 0 Å². The van der Waals surface area contributed by atoms with E-state index in [9.17, 15) is 5.26 Å². The molecule has 0 fully saturated rings. The Morgan fingerprint density at radius 1 is 0.963 bits per heavy atom. The van der Waals surface area contributed by atoms with E-state index in [2.05, 4.69) is 53.2 Å². The fourth-order valence-corrected chi connectivity index (χ4v) is 3.06. The molecule has 0 saturated carbocycles. The third kappa shape index (κ3) is 5.09. The highest BCUT2D eigenvalue weighted by atomic mass is 79.9. The molecule has 3 aromatic carbocycles. The maximum atomic E-state index is 9.63. The molecule has 0 aliphatic rings. The van der Waals surface area contributed by atoms with Gasteiger partial charge in [-0.2, -0.15) is 5.26 Å². The first-order valence-corrected chi connectivity index (χ1v) is 9.51. The van der Waals surface area contributed by atoms with Crippen molar-refractivity contribution in [3.63, 3.8) is 0 Å². The van der Waals surface area contributed by atoms with Crippen molar-refractivity contribution in [2.24, 2.45) is 0 Å². The van der Waals surface area contributed by atoms with Crippen LogP contribution in [0.2, 0.25) is 0 Å². The Labute approximate surface area is 168 Å². The summed E-state index contributed by atoms with van der Waals surface area (Å²) in [6.45, 7) is 4.58. The predicted molar refractivity (Wildman–Crippen MR) is 114 cm³/mol. The van der Waals surface area contributed by atoms with Gasteiger partial charge in [0.2, 0.25) is 0 Å². The zero-order valence-electron chi connectivity index (χ0n) is 15.4. The molecule has 0 radical (unpaired) electrons. The Hall–Kier alpha value is -2.83. The van der Waals surface area contributed by atoms with Gasteiger partial charge in [-0.15, -0.1) is 0 Å². The summed E-state index contributed by atoms with van der Waals surface area (Å²) in [6, 6.07) is 24.4. The molecule has 0 unspecified atom stereocenters. The molecule has 0 amide bonds. The minimum absolute atomic E-state index is 0.481. The number of benzene rings is 3. The topological polar surface area (TPSA) is 33.0 Å². The monoisotopic (exact) mass is 417 g/mol. The Balaban J connectivity index is 1.89. The molecule has 27 heavy (non-hydrogen) atoms. The maximum Gasteiger partial charge on any atom is 0.127 e. The van der Waals surface area contributed by atoms with Gasteiger partial charge in [0.25, 0.3) is 0 Å².